The van der Waals surface area contributed by atoms with Crippen LogP contribution in [0.4, 0.5) is 4.39 Å². The maximum atomic E-state index is 13.8. The van der Waals surface area contributed by atoms with Gasteiger partial charge < -0.3 is 4.74 Å². The number of ether oxygens (including phenoxy) is 1. The molecule has 0 spiro atoms. The van der Waals surface area contributed by atoms with Gasteiger partial charge in [0.15, 0.2) is 23.3 Å². The molecule has 9 heteroatoms. The van der Waals surface area contributed by atoms with Crippen LogP contribution in [0.1, 0.15) is 24.2 Å². The average Bonchev–Trinajstić information content (AvgIpc) is 3.26. The Hall–Kier alpha value is -4.27. The lowest BCUT2D eigenvalue weighted by atomic mass is 10.1. The van der Waals surface area contributed by atoms with Crippen LogP contribution in [0.15, 0.2) is 66.9 Å². The van der Waals surface area contributed by atoms with Crippen molar-refractivity contribution in [3.8, 4) is 17.0 Å². The molecule has 1 unspecified atom stereocenters. The first-order valence-corrected chi connectivity index (χ1v) is 10.4. The number of hydrogen-bond acceptors (Lipinski definition) is 5. The molecule has 4 aromatic rings. The summed E-state index contributed by atoms with van der Waals surface area (Å²) in [5.41, 5.74) is 7.05. The average molecular weight is 447 g/mol. The third-order valence-electron chi connectivity index (χ3n) is 5.03. The van der Waals surface area contributed by atoms with Crippen molar-refractivity contribution >= 4 is 22.8 Å². The number of carbonyl (C=O) groups is 2. The maximum absolute atomic E-state index is 13.8. The van der Waals surface area contributed by atoms with Crippen molar-refractivity contribution in [2.24, 2.45) is 0 Å². The number of aromatic nitrogens is 3. The fourth-order valence-electron chi connectivity index (χ4n) is 3.30. The van der Waals surface area contributed by atoms with Crippen molar-refractivity contribution in [2.45, 2.75) is 26.5 Å². The third-order valence-corrected chi connectivity index (χ3v) is 5.03. The molecule has 33 heavy (non-hydrogen) atoms. The zero-order chi connectivity index (χ0) is 23.4. The molecule has 2 heterocycles. The van der Waals surface area contributed by atoms with E-state index in [0.717, 1.165) is 5.56 Å². The lowest BCUT2D eigenvalue weighted by Crippen LogP contribution is -2.47. The molecule has 2 amide bonds. The molecule has 4 rings (SSSR count). The second kappa shape index (κ2) is 9.47. The van der Waals surface area contributed by atoms with Crippen LogP contribution in [0.25, 0.3) is 22.3 Å². The largest absolute Gasteiger partial charge is 0.478 e. The van der Waals surface area contributed by atoms with E-state index in [-0.39, 0.29) is 5.75 Å². The number of fused-ring (bicyclic) bond motifs is 1. The number of rotatable bonds is 6. The summed E-state index contributed by atoms with van der Waals surface area (Å²) in [5, 5.41) is 4.86. The van der Waals surface area contributed by atoms with Crippen LogP contribution in [0, 0.1) is 5.82 Å². The van der Waals surface area contributed by atoms with Gasteiger partial charge in [0.1, 0.15) is 0 Å². The molecule has 0 aliphatic carbocycles. The summed E-state index contributed by atoms with van der Waals surface area (Å²) in [6.07, 6.45) is 0.531. The lowest BCUT2D eigenvalue weighted by Gasteiger charge is -2.16. The number of halogens is 1. The molecule has 0 radical (unpaired) electrons. The monoisotopic (exact) mass is 447 g/mol. The number of hydrazine groups is 1. The topological polar surface area (TPSA) is 98.1 Å². The second-order valence-corrected chi connectivity index (χ2v) is 7.25. The first-order valence-electron chi connectivity index (χ1n) is 10.4. The van der Waals surface area contributed by atoms with Crippen molar-refractivity contribution in [2.75, 3.05) is 0 Å². The van der Waals surface area contributed by atoms with E-state index in [1.807, 2.05) is 37.3 Å². The SMILES string of the molecule is CCn1ncc2c(C(=O)NNC(=O)C(C)Oc3ccccc3F)cc(-c3ccccc3)nc21. The summed E-state index contributed by atoms with van der Waals surface area (Å²) in [6, 6.07) is 16.9. The van der Waals surface area contributed by atoms with Gasteiger partial charge in [-0.15, -0.1) is 0 Å². The van der Waals surface area contributed by atoms with Crippen molar-refractivity contribution in [1.82, 2.24) is 25.6 Å². The zero-order valence-electron chi connectivity index (χ0n) is 18.1. The van der Waals surface area contributed by atoms with E-state index in [0.29, 0.717) is 28.8 Å². The van der Waals surface area contributed by atoms with Crippen molar-refractivity contribution in [3.63, 3.8) is 0 Å². The highest BCUT2D eigenvalue weighted by atomic mass is 19.1. The number of benzene rings is 2. The van der Waals surface area contributed by atoms with Crippen LogP contribution < -0.4 is 15.6 Å². The zero-order valence-corrected chi connectivity index (χ0v) is 18.1. The molecule has 0 bridgehead atoms. The summed E-state index contributed by atoms with van der Waals surface area (Å²) in [5.74, 6) is -1.81. The summed E-state index contributed by atoms with van der Waals surface area (Å²) >= 11 is 0. The summed E-state index contributed by atoms with van der Waals surface area (Å²) < 4.78 is 20.8. The van der Waals surface area contributed by atoms with Gasteiger partial charge in [-0.3, -0.25) is 20.4 Å². The smallest absolute Gasteiger partial charge is 0.279 e. The molecular weight excluding hydrogens is 425 g/mol. The van der Waals surface area contributed by atoms with Gasteiger partial charge in [0.2, 0.25) is 0 Å². The minimum Gasteiger partial charge on any atom is -0.478 e. The molecule has 0 saturated carbocycles. The molecule has 2 N–H and O–H groups in total. The Morgan fingerprint density at radius 3 is 2.55 bits per heavy atom. The quantitative estimate of drug-likeness (QED) is 0.441. The van der Waals surface area contributed by atoms with Crippen LogP contribution in [-0.4, -0.2) is 32.7 Å². The maximum Gasteiger partial charge on any atom is 0.279 e. The summed E-state index contributed by atoms with van der Waals surface area (Å²) in [7, 11) is 0. The Morgan fingerprint density at radius 1 is 1.09 bits per heavy atom. The first-order chi connectivity index (χ1) is 16.0. The molecular formula is C24H22FN5O3. The Balaban J connectivity index is 1.54. The molecule has 2 aromatic heterocycles. The van der Waals surface area contributed by atoms with Crippen LogP contribution in [0.2, 0.25) is 0 Å². The number of para-hydroxylation sites is 1. The highest BCUT2D eigenvalue weighted by Crippen LogP contribution is 2.25. The highest BCUT2D eigenvalue weighted by molar-refractivity contribution is 6.07. The van der Waals surface area contributed by atoms with Gasteiger partial charge >= 0.3 is 0 Å². The summed E-state index contributed by atoms with van der Waals surface area (Å²) in [6.45, 7) is 3.97. The number of pyridine rings is 1. The third kappa shape index (κ3) is 4.67. The van der Waals surface area contributed by atoms with E-state index in [1.54, 1.807) is 23.0 Å². The van der Waals surface area contributed by atoms with Crippen LogP contribution in [-0.2, 0) is 11.3 Å². The molecule has 0 saturated heterocycles. The number of aryl methyl sites for hydroxylation is 1. The van der Waals surface area contributed by atoms with Gasteiger partial charge in [0, 0.05) is 12.1 Å². The molecule has 0 aliphatic heterocycles. The molecule has 2 aromatic carbocycles. The van der Waals surface area contributed by atoms with E-state index in [9.17, 15) is 14.0 Å². The van der Waals surface area contributed by atoms with Crippen molar-refractivity contribution in [3.05, 3.63) is 78.2 Å². The van der Waals surface area contributed by atoms with E-state index >= 15 is 0 Å². The highest BCUT2D eigenvalue weighted by Gasteiger charge is 2.20. The molecule has 1 atom stereocenters. The van der Waals surface area contributed by atoms with Gasteiger partial charge in [0.25, 0.3) is 11.8 Å². The lowest BCUT2D eigenvalue weighted by molar-refractivity contribution is -0.128. The number of carbonyl (C=O) groups excluding carboxylic acids is 2. The fourth-order valence-corrected chi connectivity index (χ4v) is 3.30. The number of nitrogens with zero attached hydrogens (tertiary/aromatic N) is 3. The number of hydrogen-bond donors (Lipinski definition) is 2. The number of amides is 2. The normalized spacial score (nSPS) is 11.7. The number of nitrogens with one attached hydrogen (secondary N) is 2. The van der Waals surface area contributed by atoms with E-state index in [4.69, 9.17) is 4.74 Å². The first kappa shape index (κ1) is 21.9. The van der Waals surface area contributed by atoms with Crippen molar-refractivity contribution in [1.29, 1.82) is 0 Å². The Morgan fingerprint density at radius 2 is 1.82 bits per heavy atom. The van der Waals surface area contributed by atoms with Gasteiger partial charge in [-0.1, -0.05) is 42.5 Å². The van der Waals surface area contributed by atoms with Crippen LogP contribution in [0.5, 0.6) is 5.75 Å². The molecule has 0 fully saturated rings. The fraction of sp³-hybridized carbons (Fsp3) is 0.167. The Bertz CT molecular complexity index is 1310. The second-order valence-electron chi connectivity index (χ2n) is 7.25. The Kier molecular flexibility index (Phi) is 6.30. The standard InChI is InChI=1S/C24H22FN5O3/c1-3-30-22-18(14-26-30)17(13-20(27-22)16-9-5-4-6-10-16)24(32)29-28-23(31)15(2)33-21-12-8-7-11-19(21)25/h4-15H,3H2,1-2H3,(H,28,31)(H,29,32). The van der Waals surface area contributed by atoms with Crippen molar-refractivity contribution < 1.29 is 18.7 Å². The van der Waals surface area contributed by atoms with Gasteiger partial charge in [-0.2, -0.15) is 5.10 Å². The molecule has 0 aliphatic rings. The summed E-state index contributed by atoms with van der Waals surface area (Å²) in [4.78, 5) is 30.1. The van der Waals surface area contributed by atoms with Gasteiger partial charge in [-0.25, -0.2) is 14.1 Å². The van der Waals surface area contributed by atoms with E-state index in [1.165, 1.54) is 25.1 Å². The van der Waals surface area contributed by atoms with Crippen LogP contribution >= 0.6 is 0 Å². The minimum atomic E-state index is -1.04. The molecule has 168 valence electrons. The van der Waals surface area contributed by atoms with Gasteiger partial charge in [-0.05, 0) is 32.0 Å². The van der Waals surface area contributed by atoms with Gasteiger partial charge in [0.05, 0.1) is 22.8 Å². The molecule has 8 nitrogen and oxygen atoms in total. The predicted molar refractivity (Wildman–Crippen MR) is 121 cm³/mol. The minimum absolute atomic E-state index is 0.0539. The van der Waals surface area contributed by atoms with E-state index in [2.05, 4.69) is 20.9 Å². The van der Waals surface area contributed by atoms with E-state index < -0.39 is 23.7 Å². The Labute approximate surface area is 189 Å². The van der Waals surface area contributed by atoms with Crippen LogP contribution in [0.3, 0.4) is 0 Å². The predicted octanol–water partition coefficient (Wildman–Crippen LogP) is 3.49.